The topological polar surface area (TPSA) is 29.1 Å². The number of carbonyl (C=O) groups excluding carboxylic acids is 1. The second-order valence-corrected chi connectivity index (χ2v) is 2.71. The van der Waals surface area contributed by atoms with E-state index in [1.165, 1.54) is 0 Å². The maximum atomic E-state index is 10.4. The lowest BCUT2D eigenvalue weighted by Crippen LogP contribution is -2.29. The zero-order valence-corrected chi connectivity index (χ0v) is 7.00. The summed E-state index contributed by atoms with van der Waals surface area (Å²) in [5, 5.41) is 2.86. The van der Waals surface area contributed by atoms with Gasteiger partial charge in [0.25, 0.3) is 0 Å². The van der Waals surface area contributed by atoms with Crippen molar-refractivity contribution in [2.24, 2.45) is 0 Å². The molecule has 0 unspecified atom stereocenters. The fourth-order valence-electron chi connectivity index (χ4n) is 0.272. The number of hydrogen-bond acceptors (Lipinski definition) is 2. The number of rotatable bonds is 2. The molecule has 0 rings (SSSR count). The SMILES string of the molecule is C[C@H](S)NC(=O)CBr. The first-order valence-electron chi connectivity index (χ1n) is 2.20. The summed E-state index contributed by atoms with van der Waals surface area (Å²) in [6.45, 7) is 1.80. The Morgan fingerprint density at radius 1 is 2.00 bits per heavy atom. The molecule has 0 bridgehead atoms. The number of amides is 1. The molecule has 0 aliphatic rings. The zero-order chi connectivity index (χ0) is 6.57. The zero-order valence-electron chi connectivity index (χ0n) is 4.52. The summed E-state index contributed by atoms with van der Waals surface area (Å²) < 4.78 is 0. The summed E-state index contributed by atoms with van der Waals surface area (Å²) in [6, 6.07) is 0. The Morgan fingerprint density at radius 3 is 2.62 bits per heavy atom. The molecule has 0 saturated heterocycles. The first kappa shape index (κ1) is 8.30. The molecule has 0 fully saturated rings. The van der Waals surface area contributed by atoms with Gasteiger partial charge in [0.2, 0.25) is 5.91 Å². The van der Waals surface area contributed by atoms with Gasteiger partial charge in [-0.3, -0.25) is 4.79 Å². The van der Waals surface area contributed by atoms with Gasteiger partial charge >= 0.3 is 0 Å². The first-order chi connectivity index (χ1) is 3.66. The fourth-order valence-corrected chi connectivity index (χ4v) is 0.577. The summed E-state index contributed by atoms with van der Waals surface area (Å²) in [5.74, 6) is -0.0347. The van der Waals surface area contributed by atoms with Crippen molar-refractivity contribution in [3.63, 3.8) is 0 Å². The Kier molecular flexibility index (Phi) is 4.36. The summed E-state index contributed by atoms with van der Waals surface area (Å²) in [6.07, 6.45) is 0. The maximum Gasteiger partial charge on any atom is 0.231 e. The Labute approximate surface area is 62.6 Å². The molecule has 0 aromatic rings. The van der Waals surface area contributed by atoms with Crippen molar-refractivity contribution in [3.8, 4) is 0 Å². The van der Waals surface area contributed by atoms with E-state index in [0.29, 0.717) is 5.33 Å². The van der Waals surface area contributed by atoms with Gasteiger partial charge in [-0.2, -0.15) is 12.6 Å². The van der Waals surface area contributed by atoms with E-state index in [1.54, 1.807) is 6.92 Å². The van der Waals surface area contributed by atoms with Crippen LogP contribution < -0.4 is 5.32 Å². The minimum absolute atomic E-state index is 0.0347. The van der Waals surface area contributed by atoms with Crippen molar-refractivity contribution < 1.29 is 4.79 Å². The van der Waals surface area contributed by atoms with Gasteiger partial charge in [0, 0.05) is 0 Å². The molecule has 0 aliphatic carbocycles. The van der Waals surface area contributed by atoms with E-state index in [-0.39, 0.29) is 11.3 Å². The highest BCUT2D eigenvalue weighted by Gasteiger charge is 1.97. The van der Waals surface area contributed by atoms with Crippen molar-refractivity contribution in [1.29, 1.82) is 0 Å². The third kappa shape index (κ3) is 4.46. The number of carbonyl (C=O) groups is 1. The highest BCUT2D eigenvalue weighted by Crippen LogP contribution is 1.86. The Morgan fingerprint density at radius 2 is 2.50 bits per heavy atom. The molecule has 0 aromatic heterocycles. The molecule has 8 heavy (non-hydrogen) atoms. The van der Waals surface area contributed by atoms with Crippen LogP contribution in [0.15, 0.2) is 0 Å². The van der Waals surface area contributed by atoms with Gasteiger partial charge in [-0.25, -0.2) is 0 Å². The van der Waals surface area contributed by atoms with E-state index in [4.69, 9.17) is 0 Å². The van der Waals surface area contributed by atoms with Crippen molar-refractivity contribution in [3.05, 3.63) is 0 Å². The Hall–Kier alpha value is 0.300. The number of halogens is 1. The predicted octanol–water partition coefficient (Wildman–Crippen LogP) is 0.773. The minimum atomic E-state index is -0.0555. The standard InChI is InChI=1S/C4H8BrNOS/c1-3(8)6-4(7)2-5/h3,8H,2H2,1H3,(H,6,7)/t3-/m0/s1. The Bertz CT molecular complexity index is 86.1. The molecule has 0 saturated carbocycles. The molecule has 1 N–H and O–H groups in total. The number of nitrogens with one attached hydrogen (secondary N) is 1. The number of alkyl halides is 1. The van der Waals surface area contributed by atoms with Gasteiger partial charge < -0.3 is 5.32 Å². The molecule has 0 spiro atoms. The summed E-state index contributed by atoms with van der Waals surface area (Å²) >= 11 is 6.94. The van der Waals surface area contributed by atoms with E-state index in [9.17, 15) is 4.79 Å². The summed E-state index contributed by atoms with van der Waals surface area (Å²) in [5.41, 5.74) is 0. The van der Waals surface area contributed by atoms with Crippen molar-refractivity contribution in [2.45, 2.75) is 12.3 Å². The predicted molar refractivity (Wildman–Crippen MR) is 40.4 cm³/mol. The molecule has 2 nitrogen and oxygen atoms in total. The van der Waals surface area contributed by atoms with Gasteiger partial charge in [0.05, 0.1) is 10.7 Å². The van der Waals surface area contributed by atoms with E-state index < -0.39 is 0 Å². The molecule has 0 radical (unpaired) electrons. The normalized spacial score (nSPS) is 12.9. The third-order valence-corrected chi connectivity index (χ3v) is 1.13. The molecule has 0 aliphatic heterocycles. The second-order valence-electron chi connectivity index (χ2n) is 1.38. The highest BCUT2D eigenvalue weighted by atomic mass is 79.9. The van der Waals surface area contributed by atoms with Crippen LogP contribution in [-0.2, 0) is 4.79 Å². The van der Waals surface area contributed by atoms with Gasteiger partial charge in [-0.05, 0) is 6.92 Å². The quantitative estimate of drug-likeness (QED) is 0.383. The monoisotopic (exact) mass is 197 g/mol. The fraction of sp³-hybridized carbons (Fsp3) is 0.750. The third-order valence-electron chi connectivity index (χ3n) is 0.491. The van der Waals surface area contributed by atoms with Crippen molar-refractivity contribution in [1.82, 2.24) is 5.32 Å². The largest absolute Gasteiger partial charge is 0.344 e. The van der Waals surface area contributed by atoms with Gasteiger partial charge in [0.15, 0.2) is 0 Å². The molecular formula is C4H8BrNOS. The van der Waals surface area contributed by atoms with Crippen LogP contribution in [0.4, 0.5) is 0 Å². The van der Waals surface area contributed by atoms with Gasteiger partial charge in [0.1, 0.15) is 0 Å². The van der Waals surface area contributed by atoms with Gasteiger partial charge in [-0.1, -0.05) is 15.9 Å². The van der Waals surface area contributed by atoms with Crippen LogP contribution in [0.25, 0.3) is 0 Å². The smallest absolute Gasteiger partial charge is 0.231 e. The average Bonchev–Trinajstić information content (AvgIpc) is 1.65. The van der Waals surface area contributed by atoms with Crippen LogP contribution in [0.3, 0.4) is 0 Å². The van der Waals surface area contributed by atoms with Crippen LogP contribution in [0.5, 0.6) is 0 Å². The van der Waals surface area contributed by atoms with E-state index in [0.717, 1.165) is 0 Å². The maximum absolute atomic E-state index is 10.4. The lowest BCUT2D eigenvalue weighted by Gasteiger charge is -2.03. The average molecular weight is 198 g/mol. The minimum Gasteiger partial charge on any atom is -0.344 e. The lowest BCUT2D eigenvalue weighted by molar-refractivity contribution is -0.118. The van der Waals surface area contributed by atoms with Crippen molar-refractivity contribution in [2.75, 3.05) is 5.33 Å². The molecular weight excluding hydrogens is 190 g/mol. The second kappa shape index (κ2) is 4.21. The van der Waals surface area contributed by atoms with Crippen molar-refractivity contribution >= 4 is 34.5 Å². The van der Waals surface area contributed by atoms with Crippen LogP contribution >= 0.6 is 28.6 Å². The lowest BCUT2D eigenvalue weighted by atomic mass is 10.6. The van der Waals surface area contributed by atoms with E-state index in [1.807, 2.05) is 0 Å². The number of thiol groups is 1. The first-order valence-corrected chi connectivity index (χ1v) is 3.84. The van der Waals surface area contributed by atoms with Crippen LogP contribution in [0.1, 0.15) is 6.92 Å². The molecule has 4 heteroatoms. The highest BCUT2D eigenvalue weighted by molar-refractivity contribution is 9.09. The molecule has 48 valence electrons. The van der Waals surface area contributed by atoms with E-state index >= 15 is 0 Å². The molecule has 0 aromatic carbocycles. The van der Waals surface area contributed by atoms with E-state index in [2.05, 4.69) is 33.9 Å². The summed E-state index contributed by atoms with van der Waals surface area (Å²) in [7, 11) is 0. The summed E-state index contributed by atoms with van der Waals surface area (Å²) in [4.78, 5) is 10.4. The molecule has 0 heterocycles. The van der Waals surface area contributed by atoms with Crippen LogP contribution in [-0.4, -0.2) is 16.6 Å². The Balaban J connectivity index is 3.25. The number of hydrogen-bond donors (Lipinski definition) is 2. The van der Waals surface area contributed by atoms with Crippen LogP contribution in [0.2, 0.25) is 0 Å². The van der Waals surface area contributed by atoms with Gasteiger partial charge in [-0.15, -0.1) is 0 Å². The van der Waals surface area contributed by atoms with Crippen LogP contribution in [0, 0.1) is 0 Å². The molecule has 1 amide bonds. The molecule has 1 atom stereocenters.